The van der Waals surface area contributed by atoms with Gasteiger partial charge < -0.3 is 5.32 Å². The molecule has 2 aromatic heterocycles. The highest BCUT2D eigenvalue weighted by molar-refractivity contribution is 6.33. The molecule has 2 heterocycles. The fourth-order valence-corrected chi connectivity index (χ4v) is 4.24. The van der Waals surface area contributed by atoms with E-state index in [1.807, 2.05) is 65.5 Å². The minimum Gasteiger partial charge on any atom is -0.326 e. The quantitative estimate of drug-likeness (QED) is 0.454. The van der Waals surface area contributed by atoms with E-state index in [0.29, 0.717) is 10.8 Å². The Morgan fingerprint density at radius 2 is 1.83 bits per heavy atom. The molecule has 0 saturated heterocycles. The number of amides is 1. The molecule has 5 rings (SSSR count). The predicted molar refractivity (Wildman–Crippen MR) is 119 cm³/mol. The molecule has 150 valence electrons. The van der Waals surface area contributed by atoms with Crippen molar-refractivity contribution in [1.82, 2.24) is 14.4 Å². The molecule has 2 aromatic carbocycles. The third kappa shape index (κ3) is 3.68. The van der Waals surface area contributed by atoms with Gasteiger partial charge in [0.15, 0.2) is 0 Å². The SMILES string of the molecule is O=C(Nc1ccc(Cl)c(-c2cn3cc(-c4ccccc4)cnc3n2)c1)C1CCCC1. The molecule has 1 amide bonds. The van der Waals surface area contributed by atoms with Crippen LogP contribution in [-0.2, 0) is 4.79 Å². The molecule has 4 aromatic rings. The first kappa shape index (κ1) is 18.8. The van der Waals surface area contributed by atoms with Gasteiger partial charge in [-0.3, -0.25) is 9.20 Å². The minimum atomic E-state index is 0.0879. The number of hydrogen-bond acceptors (Lipinski definition) is 3. The van der Waals surface area contributed by atoms with Crippen LogP contribution in [0.2, 0.25) is 5.02 Å². The van der Waals surface area contributed by atoms with Crippen molar-refractivity contribution in [1.29, 1.82) is 0 Å². The van der Waals surface area contributed by atoms with Gasteiger partial charge in [-0.1, -0.05) is 54.8 Å². The molecule has 1 N–H and O–H groups in total. The Kier molecular flexibility index (Phi) is 4.97. The van der Waals surface area contributed by atoms with Crippen LogP contribution in [0.25, 0.3) is 28.2 Å². The molecule has 0 spiro atoms. The number of benzene rings is 2. The van der Waals surface area contributed by atoms with Crippen LogP contribution in [0.3, 0.4) is 0 Å². The average molecular weight is 417 g/mol. The van der Waals surface area contributed by atoms with Gasteiger partial charge in [0.25, 0.3) is 0 Å². The maximum atomic E-state index is 12.5. The van der Waals surface area contributed by atoms with E-state index in [1.54, 1.807) is 6.07 Å². The van der Waals surface area contributed by atoms with E-state index in [2.05, 4.69) is 15.3 Å². The van der Waals surface area contributed by atoms with E-state index in [-0.39, 0.29) is 11.8 Å². The number of nitrogens with zero attached hydrogens (tertiary/aromatic N) is 3. The summed E-state index contributed by atoms with van der Waals surface area (Å²) in [7, 11) is 0. The first-order valence-electron chi connectivity index (χ1n) is 10.2. The lowest BCUT2D eigenvalue weighted by Gasteiger charge is -2.11. The summed E-state index contributed by atoms with van der Waals surface area (Å²) in [4.78, 5) is 21.6. The van der Waals surface area contributed by atoms with Gasteiger partial charge in [0.1, 0.15) is 0 Å². The monoisotopic (exact) mass is 416 g/mol. The number of anilines is 1. The minimum absolute atomic E-state index is 0.0879. The second kappa shape index (κ2) is 7.92. The molecule has 5 nitrogen and oxygen atoms in total. The van der Waals surface area contributed by atoms with E-state index in [9.17, 15) is 4.79 Å². The van der Waals surface area contributed by atoms with E-state index in [0.717, 1.165) is 53.8 Å². The summed E-state index contributed by atoms with van der Waals surface area (Å²) in [5, 5.41) is 3.62. The van der Waals surface area contributed by atoms with Crippen molar-refractivity contribution in [3.8, 4) is 22.4 Å². The number of carbonyl (C=O) groups is 1. The average Bonchev–Trinajstić information content (AvgIpc) is 3.45. The predicted octanol–water partition coefficient (Wildman–Crippen LogP) is 5.85. The number of aromatic nitrogens is 3. The van der Waals surface area contributed by atoms with Crippen molar-refractivity contribution >= 4 is 29.0 Å². The van der Waals surface area contributed by atoms with Crippen LogP contribution < -0.4 is 5.32 Å². The van der Waals surface area contributed by atoms with E-state index in [1.165, 1.54) is 0 Å². The standard InChI is InChI=1S/C24H21ClN4O/c25-21-11-10-19(27-23(30)17-8-4-5-9-17)12-20(21)22-15-29-14-18(13-26-24(29)28-22)16-6-2-1-3-7-16/h1-3,6-7,10-15,17H,4-5,8-9H2,(H,27,30). The summed E-state index contributed by atoms with van der Waals surface area (Å²) in [6.45, 7) is 0. The summed E-state index contributed by atoms with van der Waals surface area (Å²) in [6, 6.07) is 15.6. The number of halogens is 1. The van der Waals surface area contributed by atoms with Crippen LogP contribution in [0.4, 0.5) is 5.69 Å². The normalized spacial score (nSPS) is 14.3. The second-order valence-corrected chi connectivity index (χ2v) is 8.11. The number of carbonyl (C=O) groups excluding carboxylic acids is 1. The lowest BCUT2D eigenvalue weighted by atomic mass is 10.1. The van der Waals surface area contributed by atoms with Crippen molar-refractivity contribution < 1.29 is 4.79 Å². The van der Waals surface area contributed by atoms with Crippen molar-refractivity contribution in [3.05, 3.63) is 72.1 Å². The van der Waals surface area contributed by atoms with Gasteiger partial charge in [-0.25, -0.2) is 9.97 Å². The highest BCUT2D eigenvalue weighted by Gasteiger charge is 2.23. The van der Waals surface area contributed by atoms with Gasteiger partial charge in [0.05, 0.1) is 10.7 Å². The number of hydrogen-bond donors (Lipinski definition) is 1. The van der Waals surface area contributed by atoms with Gasteiger partial charge in [-0.15, -0.1) is 0 Å². The molecule has 0 aliphatic heterocycles. The van der Waals surface area contributed by atoms with Crippen molar-refractivity contribution in [2.75, 3.05) is 5.32 Å². The first-order chi connectivity index (χ1) is 14.7. The number of nitrogens with one attached hydrogen (secondary N) is 1. The molecule has 1 fully saturated rings. The Morgan fingerprint density at radius 1 is 1.03 bits per heavy atom. The highest BCUT2D eigenvalue weighted by Crippen LogP contribution is 2.32. The van der Waals surface area contributed by atoms with E-state index >= 15 is 0 Å². The molecule has 1 aliphatic carbocycles. The van der Waals surface area contributed by atoms with Crippen molar-refractivity contribution in [2.45, 2.75) is 25.7 Å². The third-order valence-electron chi connectivity index (χ3n) is 5.65. The molecule has 1 aliphatic rings. The van der Waals surface area contributed by atoms with Crippen LogP contribution in [0, 0.1) is 5.92 Å². The topological polar surface area (TPSA) is 59.3 Å². The Bertz CT molecular complexity index is 1210. The molecule has 30 heavy (non-hydrogen) atoms. The van der Waals surface area contributed by atoms with Crippen LogP contribution in [0.1, 0.15) is 25.7 Å². The molecule has 0 bridgehead atoms. The number of rotatable bonds is 4. The Morgan fingerprint density at radius 3 is 2.63 bits per heavy atom. The third-order valence-corrected chi connectivity index (χ3v) is 5.98. The number of fused-ring (bicyclic) bond motifs is 1. The van der Waals surface area contributed by atoms with Crippen molar-refractivity contribution in [2.24, 2.45) is 5.92 Å². The van der Waals surface area contributed by atoms with Gasteiger partial charge >= 0.3 is 0 Å². The summed E-state index contributed by atoms with van der Waals surface area (Å²) in [5.41, 5.74) is 4.33. The molecular formula is C24H21ClN4O. The Labute approximate surface area is 179 Å². The van der Waals surface area contributed by atoms with Crippen LogP contribution >= 0.6 is 11.6 Å². The molecule has 0 unspecified atom stereocenters. The van der Waals surface area contributed by atoms with Crippen LogP contribution in [0.5, 0.6) is 0 Å². The lowest BCUT2D eigenvalue weighted by molar-refractivity contribution is -0.119. The Balaban J connectivity index is 1.46. The lowest BCUT2D eigenvalue weighted by Crippen LogP contribution is -2.20. The maximum absolute atomic E-state index is 12.5. The van der Waals surface area contributed by atoms with Crippen LogP contribution in [-0.4, -0.2) is 20.3 Å². The summed E-state index contributed by atoms with van der Waals surface area (Å²) in [5.74, 6) is 0.797. The molecular weight excluding hydrogens is 396 g/mol. The van der Waals surface area contributed by atoms with Crippen LogP contribution in [0.15, 0.2) is 67.1 Å². The molecule has 0 atom stereocenters. The van der Waals surface area contributed by atoms with E-state index in [4.69, 9.17) is 11.6 Å². The molecule has 0 radical (unpaired) electrons. The fraction of sp³-hybridized carbons (Fsp3) is 0.208. The zero-order valence-corrected chi connectivity index (χ0v) is 17.1. The summed E-state index contributed by atoms with van der Waals surface area (Å²) >= 11 is 6.47. The zero-order valence-electron chi connectivity index (χ0n) is 16.4. The first-order valence-corrected chi connectivity index (χ1v) is 10.6. The smallest absolute Gasteiger partial charge is 0.234 e. The molecule has 1 saturated carbocycles. The molecule has 6 heteroatoms. The van der Waals surface area contributed by atoms with Gasteiger partial charge in [-0.2, -0.15) is 0 Å². The second-order valence-electron chi connectivity index (χ2n) is 7.71. The fourth-order valence-electron chi connectivity index (χ4n) is 4.03. The van der Waals surface area contributed by atoms with Gasteiger partial charge in [0.2, 0.25) is 11.7 Å². The largest absolute Gasteiger partial charge is 0.326 e. The number of imidazole rings is 1. The van der Waals surface area contributed by atoms with Crippen molar-refractivity contribution in [3.63, 3.8) is 0 Å². The summed E-state index contributed by atoms with van der Waals surface area (Å²) < 4.78 is 1.90. The highest BCUT2D eigenvalue weighted by atomic mass is 35.5. The summed E-state index contributed by atoms with van der Waals surface area (Å²) in [6.07, 6.45) is 9.93. The Hall–Kier alpha value is -3.18. The van der Waals surface area contributed by atoms with E-state index < -0.39 is 0 Å². The maximum Gasteiger partial charge on any atom is 0.234 e. The van der Waals surface area contributed by atoms with Gasteiger partial charge in [0, 0.05) is 41.3 Å². The zero-order chi connectivity index (χ0) is 20.5. The van der Waals surface area contributed by atoms with Gasteiger partial charge in [-0.05, 0) is 36.6 Å².